The van der Waals surface area contributed by atoms with Crippen molar-refractivity contribution >= 4 is 17.8 Å². The average Bonchev–Trinajstić information content (AvgIpc) is 2.72. The highest BCUT2D eigenvalue weighted by molar-refractivity contribution is 5.91. The molecule has 1 aliphatic heterocycles. The van der Waals surface area contributed by atoms with Gasteiger partial charge >= 0.3 is 12.1 Å². The Morgan fingerprint density at radius 3 is 2.04 bits per heavy atom. The molecule has 2 aromatic carbocycles. The Labute approximate surface area is 153 Å². The average molecular weight is 353 g/mol. The molecule has 0 spiro atoms. The third-order valence-electron chi connectivity index (χ3n) is 4.44. The van der Waals surface area contributed by atoms with Crippen molar-refractivity contribution in [1.82, 2.24) is 9.80 Å². The molecule has 1 heterocycles. The summed E-state index contributed by atoms with van der Waals surface area (Å²) in [5.41, 5.74) is 1.81. The van der Waals surface area contributed by atoms with Crippen molar-refractivity contribution in [2.75, 3.05) is 38.1 Å². The quantitative estimate of drug-likeness (QED) is 0.851. The number of carbonyl (C=O) groups excluding carboxylic acids is 2. The van der Waals surface area contributed by atoms with Crippen LogP contribution >= 0.6 is 0 Å². The normalized spacial score (nSPS) is 14.0. The lowest BCUT2D eigenvalue weighted by atomic mass is 10.2. The van der Waals surface area contributed by atoms with Crippen LogP contribution in [0.2, 0.25) is 0 Å². The van der Waals surface area contributed by atoms with E-state index in [9.17, 15) is 9.59 Å². The molecular weight excluding hydrogens is 330 g/mol. The van der Waals surface area contributed by atoms with Crippen LogP contribution in [0.4, 0.5) is 15.3 Å². The van der Waals surface area contributed by atoms with Crippen molar-refractivity contribution in [1.29, 1.82) is 0 Å². The molecule has 0 aliphatic carbocycles. The number of carbonyl (C=O) groups is 2. The van der Waals surface area contributed by atoms with Crippen LogP contribution in [0.5, 0.6) is 0 Å². The van der Waals surface area contributed by atoms with Gasteiger partial charge in [0.2, 0.25) is 0 Å². The Morgan fingerprint density at radius 2 is 1.42 bits per heavy atom. The number of urea groups is 1. The molecule has 1 aliphatic rings. The summed E-state index contributed by atoms with van der Waals surface area (Å²) >= 11 is 0. The van der Waals surface area contributed by atoms with Gasteiger partial charge in [0, 0.05) is 38.9 Å². The zero-order chi connectivity index (χ0) is 18.4. The highest BCUT2D eigenvalue weighted by atomic mass is 16.6. The molecule has 2 aromatic rings. The van der Waals surface area contributed by atoms with Crippen LogP contribution in [0.3, 0.4) is 0 Å². The lowest BCUT2D eigenvalue weighted by Crippen LogP contribution is -2.53. The number of para-hydroxylation sites is 1. The van der Waals surface area contributed by atoms with Crippen LogP contribution in [-0.2, 0) is 11.3 Å². The molecular formula is C20H23N3O3. The van der Waals surface area contributed by atoms with Crippen LogP contribution in [-0.4, -0.2) is 55.2 Å². The summed E-state index contributed by atoms with van der Waals surface area (Å²) in [6, 6.07) is 19.0. The maximum absolute atomic E-state index is 12.6. The molecule has 0 saturated carbocycles. The van der Waals surface area contributed by atoms with Gasteiger partial charge in [0.15, 0.2) is 0 Å². The number of amides is 3. The van der Waals surface area contributed by atoms with Crippen molar-refractivity contribution in [2.45, 2.75) is 6.61 Å². The van der Waals surface area contributed by atoms with Crippen molar-refractivity contribution in [3.63, 3.8) is 0 Å². The lowest BCUT2D eigenvalue weighted by molar-refractivity contribution is 0.0777. The van der Waals surface area contributed by atoms with Gasteiger partial charge in [0.1, 0.15) is 6.61 Å². The molecule has 0 aromatic heterocycles. The Balaban J connectivity index is 1.47. The molecule has 0 unspecified atom stereocenters. The van der Waals surface area contributed by atoms with E-state index in [2.05, 4.69) is 0 Å². The first-order valence-electron chi connectivity index (χ1n) is 8.68. The van der Waals surface area contributed by atoms with Crippen molar-refractivity contribution in [3.8, 4) is 0 Å². The van der Waals surface area contributed by atoms with Crippen LogP contribution in [0.15, 0.2) is 60.7 Å². The zero-order valence-electron chi connectivity index (χ0n) is 14.9. The molecule has 0 N–H and O–H groups in total. The second-order valence-corrected chi connectivity index (χ2v) is 6.19. The largest absolute Gasteiger partial charge is 0.445 e. The van der Waals surface area contributed by atoms with Crippen LogP contribution in [0.25, 0.3) is 0 Å². The highest BCUT2D eigenvalue weighted by Crippen LogP contribution is 2.15. The lowest BCUT2D eigenvalue weighted by Gasteiger charge is -2.36. The summed E-state index contributed by atoms with van der Waals surface area (Å²) in [5.74, 6) is 0. The molecule has 6 heteroatoms. The first-order chi connectivity index (χ1) is 12.6. The third-order valence-corrected chi connectivity index (χ3v) is 4.44. The van der Waals surface area contributed by atoms with Gasteiger partial charge in [-0.2, -0.15) is 0 Å². The van der Waals surface area contributed by atoms with E-state index in [1.807, 2.05) is 60.7 Å². The van der Waals surface area contributed by atoms with Gasteiger partial charge in [-0.05, 0) is 17.7 Å². The predicted molar refractivity (Wildman–Crippen MR) is 100 cm³/mol. The number of piperazine rings is 1. The van der Waals surface area contributed by atoms with E-state index in [1.54, 1.807) is 21.7 Å². The Bertz CT molecular complexity index is 728. The van der Waals surface area contributed by atoms with Crippen molar-refractivity contribution in [2.24, 2.45) is 0 Å². The second-order valence-electron chi connectivity index (χ2n) is 6.19. The fourth-order valence-electron chi connectivity index (χ4n) is 2.87. The van der Waals surface area contributed by atoms with Crippen LogP contribution < -0.4 is 4.90 Å². The number of benzene rings is 2. The molecule has 3 rings (SSSR count). The van der Waals surface area contributed by atoms with Crippen molar-refractivity contribution < 1.29 is 14.3 Å². The van der Waals surface area contributed by atoms with Crippen LogP contribution in [0, 0.1) is 0 Å². The number of hydrogen-bond acceptors (Lipinski definition) is 3. The minimum absolute atomic E-state index is 0.0616. The number of nitrogens with zero attached hydrogens (tertiary/aromatic N) is 3. The van der Waals surface area contributed by atoms with E-state index in [0.717, 1.165) is 11.3 Å². The summed E-state index contributed by atoms with van der Waals surface area (Å²) in [7, 11) is 1.76. The van der Waals surface area contributed by atoms with Gasteiger partial charge in [-0.25, -0.2) is 9.59 Å². The molecule has 1 saturated heterocycles. The number of ether oxygens (including phenoxy) is 1. The number of anilines is 1. The van der Waals surface area contributed by atoms with Crippen LogP contribution in [0.1, 0.15) is 5.56 Å². The summed E-state index contributed by atoms with van der Waals surface area (Å²) in [6.07, 6.45) is -0.336. The van der Waals surface area contributed by atoms with Gasteiger partial charge in [-0.15, -0.1) is 0 Å². The third kappa shape index (κ3) is 4.33. The monoisotopic (exact) mass is 353 g/mol. The van der Waals surface area contributed by atoms with E-state index in [0.29, 0.717) is 26.2 Å². The van der Waals surface area contributed by atoms with Gasteiger partial charge < -0.3 is 14.5 Å². The summed E-state index contributed by atoms with van der Waals surface area (Å²) < 4.78 is 5.35. The molecule has 1 fully saturated rings. The number of rotatable bonds is 3. The maximum Gasteiger partial charge on any atom is 0.410 e. The molecule has 3 amide bonds. The van der Waals surface area contributed by atoms with Gasteiger partial charge in [0.05, 0.1) is 0 Å². The van der Waals surface area contributed by atoms with E-state index < -0.39 is 0 Å². The van der Waals surface area contributed by atoms with E-state index in [4.69, 9.17) is 4.74 Å². The summed E-state index contributed by atoms with van der Waals surface area (Å²) in [6.45, 7) is 2.20. The first-order valence-corrected chi connectivity index (χ1v) is 8.68. The fraction of sp³-hybridized carbons (Fsp3) is 0.300. The minimum atomic E-state index is -0.336. The minimum Gasteiger partial charge on any atom is -0.445 e. The van der Waals surface area contributed by atoms with E-state index in [-0.39, 0.29) is 18.7 Å². The Kier molecular flexibility index (Phi) is 5.73. The Morgan fingerprint density at radius 1 is 0.885 bits per heavy atom. The van der Waals surface area contributed by atoms with E-state index in [1.165, 1.54) is 0 Å². The van der Waals surface area contributed by atoms with Gasteiger partial charge in [-0.1, -0.05) is 48.5 Å². The molecule has 0 bridgehead atoms. The predicted octanol–water partition coefficient (Wildman–Crippen LogP) is 3.20. The topological polar surface area (TPSA) is 53.1 Å². The zero-order valence-corrected chi connectivity index (χ0v) is 14.9. The summed E-state index contributed by atoms with van der Waals surface area (Å²) in [4.78, 5) is 29.8. The molecule has 6 nitrogen and oxygen atoms in total. The molecule has 0 radical (unpaired) electrons. The first kappa shape index (κ1) is 17.8. The molecule has 136 valence electrons. The maximum atomic E-state index is 12.6. The standard InChI is InChI=1S/C20H23N3O3/c1-21(18-10-6-3-7-11-18)19(24)22-12-14-23(15-13-22)20(25)26-16-17-8-4-2-5-9-17/h2-11H,12-16H2,1H3. The summed E-state index contributed by atoms with van der Waals surface area (Å²) in [5, 5.41) is 0. The Hall–Kier alpha value is -3.02. The molecule has 0 atom stereocenters. The SMILES string of the molecule is CN(C(=O)N1CCN(C(=O)OCc2ccccc2)CC1)c1ccccc1. The fourth-order valence-corrected chi connectivity index (χ4v) is 2.87. The number of hydrogen-bond donors (Lipinski definition) is 0. The highest BCUT2D eigenvalue weighted by Gasteiger charge is 2.27. The van der Waals surface area contributed by atoms with Crippen molar-refractivity contribution in [3.05, 3.63) is 66.2 Å². The van der Waals surface area contributed by atoms with Gasteiger partial charge in [0.25, 0.3) is 0 Å². The molecule has 26 heavy (non-hydrogen) atoms. The van der Waals surface area contributed by atoms with E-state index >= 15 is 0 Å². The second kappa shape index (κ2) is 8.38. The van der Waals surface area contributed by atoms with Gasteiger partial charge in [-0.3, -0.25) is 4.90 Å². The smallest absolute Gasteiger partial charge is 0.410 e.